The van der Waals surface area contributed by atoms with E-state index in [9.17, 15) is 10.1 Å². The lowest BCUT2D eigenvalue weighted by atomic mass is 10.1. The van der Waals surface area contributed by atoms with Gasteiger partial charge in [-0.3, -0.25) is 0 Å². The van der Waals surface area contributed by atoms with Gasteiger partial charge in [0.1, 0.15) is 0 Å². The van der Waals surface area contributed by atoms with Crippen LogP contribution in [-0.2, 0) is 0 Å². The molecule has 0 saturated heterocycles. The molecule has 0 aliphatic rings. The fourth-order valence-corrected chi connectivity index (χ4v) is 0.634. The molecule has 0 fully saturated rings. The molecular weight excluding hydrogens is 156 g/mol. The number of hydrogen-bond acceptors (Lipinski definition) is 3. The third-order valence-corrected chi connectivity index (χ3v) is 1.86. The first-order valence-electron chi connectivity index (χ1n) is 4.15. The Morgan fingerprint density at radius 2 is 2.17 bits per heavy atom. The van der Waals surface area contributed by atoms with Gasteiger partial charge in [-0.2, -0.15) is 4.91 Å². The van der Waals surface area contributed by atoms with Gasteiger partial charge >= 0.3 is 0 Å². The lowest BCUT2D eigenvalue weighted by molar-refractivity contribution is -0.789. The van der Waals surface area contributed by atoms with E-state index in [1.807, 2.05) is 6.92 Å². The van der Waals surface area contributed by atoms with Crippen LogP contribution in [0.4, 0.5) is 0 Å². The summed E-state index contributed by atoms with van der Waals surface area (Å²) in [5.74, 6) is 0.0398. The summed E-state index contributed by atoms with van der Waals surface area (Å²) in [7, 11) is 0. The summed E-state index contributed by atoms with van der Waals surface area (Å²) in [6.07, 6.45) is 3.25. The van der Waals surface area contributed by atoms with Crippen LogP contribution >= 0.6 is 0 Å². The van der Waals surface area contributed by atoms with E-state index in [0.29, 0.717) is 6.54 Å². The standard InChI is InChI=1S/C8H16N2O2/c1-4-10(12)6-5-7(2)8(3)9-11/h5-8,10H,4H2,1-3H3/b6-5+. The molecule has 0 aliphatic heterocycles. The average Bonchev–Trinajstić information content (AvgIpc) is 2.11. The number of rotatable bonds is 5. The number of hydrogen-bond donors (Lipinski definition) is 1. The molecule has 0 aromatic heterocycles. The van der Waals surface area contributed by atoms with Gasteiger partial charge in [-0.25, -0.2) is 0 Å². The Hall–Kier alpha value is -0.740. The highest BCUT2D eigenvalue weighted by Crippen LogP contribution is 2.06. The minimum Gasteiger partial charge on any atom is -0.629 e. The Morgan fingerprint density at radius 3 is 2.58 bits per heavy atom. The maximum absolute atomic E-state index is 10.8. The first-order chi connectivity index (χ1) is 5.61. The zero-order valence-electron chi connectivity index (χ0n) is 7.78. The van der Waals surface area contributed by atoms with Gasteiger partial charge in [-0.05, 0) is 19.9 Å². The molecule has 12 heavy (non-hydrogen) atoms. The quantitative estimate of drug-likeness (QED) is 0.490. The van der Waals surface area contributed by atoms with Gasteiger partial charge in [-0.1, -0.05) is 12.1 Å². The Bertz CT molecular complexity index is 159. The van der Waals surface area contributed by atoms with Crippen molar-refractivity contribution < 1.29 is 5.06 Å². The highest BCUT2D eigenvalue weighted by Gasteiger charge is 2.08. The zero-order chi connectivity index (χ0) is 9.56. The van der Waals surface area contributed by atoms with E-state index in [-0.39, 0.29) is 17.0 Å². The van der Waals surface area contributed by atoms with Crippen molar-refractivity contribution >= 4 is 0 Å². The van der Waals surface area contributed by atoms with Gasteiger partial charge in [0.15, 0.2) is 0 Å². The number of nitrogens with zero attached hydrogens (tertiary/aromatic N) is 1. The van der Waals surface area contributed by atoms with E-state index < -0.39 is 0 Å². The molecule has 3 unspecified atom stereocenters. The number of nitroso groups, excluding NO2 is 1. The van der Waals surface area contributed by atoms with Gasteiger partial charge in [0, 0.05) is 5.92 Å². The molecule has 0 rings (SSSR count). The molecule has 4 heteroatoms. The minimum absolute atomic E-state index is 0.0398. The Balaban J connectivity index is 3.89. The molecule has 0 radical (unpaired) electrons. The van der Waals surface area contributed by atoms with Crippen LogP contribution < -0.4 is 5.06 Å². The number of quaternary nitrogens is 1. The van der Waals surface area contributed by atoms with Crippen molar-refractivity contribution in [1.29, 1.82) is 0 Å². The van der Waals surface area contributed by atoms with Crippen molar-refractivity contribution in [2.45, 2.75) is 26.8 Å². The van der Waals surface area contributed by atoms with E-state index in [1.165, 1.54) is 6.20 Å². The molecule has 0 amide bonds. The van der Waals surface area contributed by atoms with Crippen molar-refractivity contribution in [1.82, 2.24) is 0 Å². The predicted molar refractivity (Wildman–Crippen MR) is 48.4 cm³/mol. The molecule has 0 aromatic rings. The topological polar surface area (TPSA) is 56.9 Å². The maximum Gasteiger partial charge on any atom is 0.0953 e. The monoisotopic (exact) mass is 172 g/mol. The molecule has 0 spiro atoms. The van der Waals surface area contributed by atoms with Gasteiger partial charge in [0.05, 0.1) is 18.8 Å². The second-order valence-corrected chi connectivity index (χ2v) is 2.88. The fraction of sp³-hybridized carbons (Fsp3) is 0.750. The van der Waals surface area contributed by atoms with Crippen LogP contribution in [0.25, 0.3) is 0 Å². The molecule has 0 bridgehead atoms. The van der Waals surface area contributed by atoms with Crippen molar-refractivity contribution in [3.05, 3.63) is 22.4 Å². The van der Waals surface area contributed by atoms with E-state index in [2.05, 4.69) is 5.18 Å². The van der Waals surface area contributed by atoms with Crippen LogP contribution in [0, 0.1) is 16.0 Å². The summed E-state index contributed by atoms with van der Waals surface area (Å²) < 4.78 is 0. The van der Waals surface area contributed by atoms with Crippen molar-refractivity contribution in [2.24, 2.45) is 11.1 Å². The third-order valence-electron chi connectivity index (χ3n) is 1.86. The van der Waals surface area contributed by atoms with Crippen molar-refractivity contribution in [2.75, 3.05) is 6.54 Å². The maximum atomic E-state index is 10.8. The van der Waals surface area contributed by atoms with E-state index in [1.54, 1.807) is 19.9 Å². The number of nitrogens with one attached hydrogen (secondary N) is 1. The molecule has 1 N–H and O–H groups in total. The van der Waals surface area contributed by atoms with Crippen LogP contribution in [0.1, 0.15) is 20.8 Å². The second-order valence-electron chi connectivity index (χ2n) is 2.88. The van der Waals surface area contributed by atoms with Crippen LogP contribution in [-0.4, -0.2) is 12.6 Å². The van der Waals surface area contributed by atoms with Gasteiger partial charge in [0.25, 0.3) is 0 Å². The van der Waals surface area contributed by atoms with Crippen LogP contribution in [0.5, 0.6) is 0 Å². The zero-order valence-corrected chi connectivity index (χ0v) is 7.78. The first kappa shape index (κ1) is 11.3. The van der Waals surface area contributed by atoms with Gasteiger partial charge < -0.3 is 10.3 Å². The fourth-order valence-electron chi connectivity index (χ4n) is 0.634. The average molecular weight is 172 g/mol. The molecule has 0 heterocycles. The normalized spacial score (nSPS) is 19.0. The lowest BCUT2D eigenvalue weighted by Gasteiger charge is -2.15. The smallest absolute Gasteiger partial charge is 0.0953 e. The van der Waals surface area contributed by atoms with E-state index in [0.717, 1.165) is 0 Å². The van der Waals surface area contributed by atoms with E-state index in [4.69, 9.17) is 0 Å². The summed E-state index contributed by atoms with van der Waals surface area (Å²) in [6.45, 7) is 5.91. The molecule has 0 aromatic carbocycles. The van der Waals surface area contributed by atoms with Crippen molar-refractivity contribution in [3.8, 4) is 0 Å². The summed E-state index contributed by atoms with van der Waals surface area (Å²) in [4.78, 5) is 10.1. The van der Waals surface area contributed by atoms with E-state index >= 15 is 0 Å². The summed E-state index contributed by atoms with van der Waals surface area (Å²) in [6, 6.07) is -0.258. The summed E-state index contributed by atoms with van der Waals surface area (Å²) >= 11 is 0. The Kier molecular flexibility index (Phi) is 5.49. The minimum atomic E-state index is -0.258. The molecule has 0 saturated carbocycles. The number of hydroxylamine groups is 2. The lowest BCUT2D eigenvalue weighted by Crippen LogP contribution is -3.01. The molecule has 0 aliphatic carbocycles. The van der Waals surface area contributed by atoms with Gasteiger partial charge in [0.2, 0.25) is 0 Å². The molecule has 70 valence electrons. The highest BCUT2D eigenvalue weighted by atomic mass is 16.5. The highest BCUT2D eigenvalue weighted by molar-refractivity contribution is 4.85. The molecule has 4 nitrogen and oxygen atoms in total. The largest absolute Gasteiger partial charge is 0.629 e. The van der Waals surface area contributed by atoms with Crippen molar-refractivity contribution in [3.63, 3.8) is 0 Å². The van der Waals surface area contributed by atoms with Crippen LogP contribution in [0.2, 0.25) is 0 Å². The molecular formula is C8H16N2O2. The van der Waals surface area contributed by atoms with Crippen LogP contribution in [0.3, 0.4) is 0 Å². The van der Waals surface area contributed by atoms with Crippen LogP contribution in [0.15, 0.2) is 17.5 Å². The Labute approximate surface area is 72.8 Å². The first-order valence-corrected chi connectivity index (χ1v) is 4.15. The third kappa shape index (κ3) is 4.20. The molecule has 3 atom stereocenters. The SMILES string of the molecule is CC[NH+]([O-])/C=C/C(C)C(C)N=O. The summed E-state index contributed by atoms with van der Waals surface area (Å²) in [5, 5.41) is 13.8. The second kappa shape index (κ2) is 5.85. The summed E-state index contributed by atoms with van der Waals surface area (Å²) in [5.41, 5.74) is 0. The van der Waals surface area contributed by atoms with Gasteiger partial charge in [-0.15, -0.1) is 0 Å². The predicted octanol–water partition coefficient (Wildman–Crippen LogP) is 0.694. The Morgan fingerprint density at radius 1 is 1.58 bits per heavy atom.